The van der Waals surface area contributed by atoms with Crippen LogP contribution >= 0.6 is 0 Å². The number of benzene rings is 2. The van der Waals surface area contributed by atoms with Gasteiger partial charge in [-0.3, -0.25) is 4.79 Å². The van der Waals surface area contributed by atoms with Gasteiger partial charge in [0.15, 0.2) is 0 Å². The minimum Gasteiger partial charge on any atom is -0.460 e. The largest absolute Gasteiger partial charge is 0.460 e. The van der Waals surface area contributed by atoms with Crippen LogP contribution in [0.2, 0.25) is 0 Å². The van der Waals surface area contributed by atoms with E-state index in [0.29, 0.717) is 0 Å². The first-order valence-electron chi connectivity index (χ1n) is 11.6. The van der Waals surface area contributed by atoms with Crippen LogP contribution in [0.15, 0.2) is 48.5 Å². The van der Waals surface area contributed by atoms with Crippen LogP contribution in [0.1, 0.15) is 64.6 Å². The molecule has 6 heteroatoms. The molecule has 0 amide bonds. The highest BCUT2D eigenvalue weighted by Crippen LogP contribution is 2.38. The fourth-order valence-corrected chi connectivity index (χ4v) is 4.04. The van der Waals surface area contributed by atoms with E-state index in [4.69, 9.17) is 4.74 Å². The SMILES string of the molecule is CC(C)c1cccc2[nH]c(/C=C/C(O)CC(O)CC(=O)OC(C)(C)C)c(-c3ccc(F)cc3)c12. The van der Waals surface area contributed by atoms with Crippen LogP contribution in [0.4, 0.5) is 4.39 Å². The van der Waals surface area contributed by atoms with Crippen molar-refractivity contribution in [1.29, 1.82) is 0 Å². The lowest BCUT2D eigenvalue weighted by atomic mass is 9.93. The molecule has 2 aromatic carbocycles. The van der Waals surface area contributed by atoms with Crippen LogP contribution < -0.4 is 0 Å². The predicted molar refractivity (Wildman–Crippen MR) is 134 cm³/mol. The Bertz CT molecular complexity index is 1160. The van der Waals surface area contributed by atoms with Gasteiger partial charge in [0.25, 0.3) is 0 Å². The number of carbonyl (C=O) groups excluding carboxylic acids is 1. The highest BCUT2D eigenvalue weighted by atomic mass is 19.1. The van der Waals surface area contributed by atoms with Crippen LogP contribution in [-0.2, 0) is 9.53 Å². The summed E-state index contributed by atoms with van der Waals surface area (Å²) >= 11 is 0. The number of aromatic nitrogens is 1. The third-order valence-electron chi connectivity index (χ3n) is 5.46. The van der Waals surface area contributed by atoms with Gasteiger partial charge in [-0.2, -0.15) is 0 Å². The summed E-state index contributed by atoms with van der Waals surface area (Å²) in [7, 11) is 0. The summed E-state index contributed by atoms with van der Waals surface area (Å²) in [4.78, 5) is 15.3. The number of ether oxygens (including phenoxy) is 1. The second-order valence-corrected chi connectivity index (χ2v) is 9.95. The molecule has 182 valence electrons. The van der Waals surface area contributed by atoms with Gasteiger partial charge in [-0.1, -0.05) is 44.2 Å². The van der Waals surface area contributed by atoms with E-state index in [1.807, 2.05) is 12.1 Å². The summed E-state index contributed by atoms with van der Waals surface area (Å²) < 4.78 is 18.8. The molecule has 0 bridgehead atoms. The first kappa shape index (κ1) is 25.7. The van der Waals surface area contributed by atoms with Crippen molar-refractivity contribution in [3.05, 3.63) is 65.6 Å². The molecular formula is C28H34FNO4. The monoisotopic (exact) mass is 467 g/mol. The number of fused-ring (bicyclic) bond motifs is 1. The van der Waals surface area contributed by atoms with Gasteiger partial charge in [-0.05, 0) is 62.1 Å². The van der Waals surface area contributed by atoms with Gasteiger partial charge >= 0.3 is 5.97 Å². The van der Waals surface area contributed by atoms with Gasteiger partial charge in [-0.15, -0.1) is 0 Å². The molecule has 0 aliphatic carbocycles. The van der Waals surface area contributed by atoms with E-state index in [1.165, 1.54) is 17.7 Å². The minimum atomic E-state index is -1.03. The Morgan fingerprint density at radius 1 is 1.12 bits per heavy atom. The second kappa shape index (κ2) is 10.5. The van der Waals surface area contributed by atoms with E-state index >= 15 is 0 Å². The summed E-state index contributed by atoms with van der Waals surface area (Å²) in [5.74, 6) is -0.533. The van der Waals surface area contributed by atoms with E-state index in [0.717, 1.165) is 27.7 Å². The highest BCUT2D eigenvalue weighted by molar-refractivity contribution is 6.02. The van der Waals surface area contributed by atoms with Crippen LogP contribution in [0.5, 0.6) is 0 Å². The number of aliphatic hydroxyl groups excluding tert-OH is 2. The lowest BCUT2D eigenvalue weighted by Crippen LogP contribution is -2.27. The van der Waals surface area contributed by atoms with Crippen molar-refractivity contribution in [3.63, 3.8) is 0 Å². The first-order valence-corrected chi connectivity index (χ1v) is 11.6. The zero-order chi connectivity index (χ0) is 25.0. The number of halogens is 1. The number of carbonyl (C=O) groups is 1. The third kappa shape index (κ3) is 6.55. The molecule has 0 fully saturated rings. The second-order valence-electron chi connectivity index (χ2n) is 9.95. The van der Waals surface area contributed by atoms with Crippen LogP contribution in [0.3, 0.4) is 0 Å². The number of esters is 1. The van der Waals surface area contributed by atoms with Crippen LogP contribution in [0, 0.1) is 5.82 Å². The minimum absolute atomic E-state index is 0.000896. The molecule has 2 atom stereocenters. The lowest BCUT2D eigenvalue weighted by Gasteiger charge is -2.21. The van der Waals surface area contributed by atoms with Gasteiger partial charge in [-0.25, -0.2) is 4.39 Å². The Hall–Kier alpha value is -2.96. The normalized spacial score (nSPS) is 14.1. The number of rotatable bonds is 8. The van der Waals surface area contributed by atoms with Gasteiger partial charge < -0.3 is 19.9 Å². The zero-order valence-corrected chi connectivity index (χ0v) is 20.4. The molecule has 1 aromatic heterocycles. The third-order valence-corrected chi connectivity index (χ3v) is 5.46. The van der Waals surface area contributed by atoms with Crippen molar-refractivity contribution in [3.8, 4) is 11.1 Å². The average molecular weight is 468 g/mol. The maximum atomic E-state index is 13.6. The standard InChI is InChI=1S/C28H34FNO4/c1-17(2)22-7-6-8-23-27(22)26(18-9-11-19(29)12-10-18)24(30-23)14-13-20(31)15-21(32)16-25(33)34-28(3,4)5/h6-14,17,20-21,30-32H,15-16H2,1-5H3/b14-13+. The molecule has 1 heterocycles. The quantitative estimate of drug-likeness (QED) is 0.357. The maximum Gasteiger partial charge on any atom is 0.308 e. The summed E-state index contributed by atoms with van der Waals surface area (Å²) in [6.07, 6.45) is 1.18. The molecule has 3 rings (SSSR count). The van der Waals surface area contributed by atoms with E-state index in [2.05, 4.69) is 24.9 Å². The molecular weight excluding hydrogens is 433 g/mol. The summed E-state index contributed by atoms with van der Waals surface area (Å²) in [5, 5.41) is 21.8. The van der Waals surface area contributed by atoms with Crippen molar-refractivity contribution < 1.29 is 24.1 Å². The van der Waals surface area contributed by atoms with E-state index in [9.17, 15) is 19.4 Å². The van der Waals surface area contributed by atoms with Crippen molar-refractivity contribution >= 4 is 22.9 Å². The molecule has 0 saturated carbocycles. The number of nitrogens with one attached hydrogen (secondary N) is 1. The van der Waals surface area contributed by atoms with E-state index in [-0.39, 0.29) is 24.6 Å². The fourth-order valence-electron chi connectivity index (χ4n) is 4.04. The molecule has 0 aliphatic rings. The highest BCUT2D eigenvalue weighted by Gasteiger charge is 2.21. The van der Waals surface area contributed by atoms with Crippen molar-refractivity contribution in [2.45, 2.75) is 71.2 Å². The topological polar surface area (TPSA) is 82.5 Å². The summed E-state index contributed by atoms with van der Waals surface area (Å²) in [6.45, 7) is 9.54. The fraction of sp³-hybridized carbons (Fsp3) is 0.393. The van der Waals surface area contributed by atoms with Crippen molar-refractivity contribution in [2.24, 2.45) is 0 Å². The van der Waals surface area contributed by atoms with E-state index < -0.39 is 23.8 Å². The predicted octanol–water partition coefficient (Wildman–Crippen LogP) is 5.95. The number of H-pyrrole nitrogens is 1. The van der Waals surface area contributed by atoms with E-state index in [1.54, 1.807) is 45.1 Å². The number of hydrogen-bond donors (Lipinski definition) is 3. The van der Waals surface area contributed by atoms with Crippen LogP contribution in [0.25, 0.3) is 28.1 Å². The number of hydrogen-bond acceptors (Lipinski definition) is 4. The van der Waals surface area contributed by atoms with Crippen LogP contribution in [-0.4, -0.2) is 39.0 Å². The molecule has 0 spiro atoms. The molecule has 34 heavy (non-hydrogen) atoms. The number of aromatic amines is 1. The maximum absolute atomic E-state index is 13.6. The molecule has 3 aromatic rings. The van der Waals surface area contributed by atoms with Crippen molar-refractivity contribution in [1.82, 2.24) is 4.98 Å². The Labute approximate surface area is 200 Å². The van der Waals surface area contributed by atoms with Gasteiger partial charge in [0.2, 0.25) is 0 Å². The molecule has 5 nitrogen and oxygen atoms in total. The first-order chi connectivity index (χ1) is 15.9. The Morgan fingerprint density at radius 3 is 2.41 bits per heavy atom. The Kier molecular flexibility index (Phi) is 7.95. The van der Waals surface area contributed by atoms with Gasteiger partial charge in [0.05, 0.1) is 18.6 Å². The molecule has 0 aliphatic heterocycles. The average Bonchev–Trinajstić information content (AvgIpc) is 3.09. The van der Waals surface area contributed by atoms with Gasteiger partial charge in [0.1, 0.15) is 11.4 Å². The summed E-state index contributed by atoms with van der Waals surface area (Å²) in [6, 6.07) is 12.4. The Morgan fingerprint density at radius 2 is 1.79 bits per heavy atom. The number of aliphatic hydroxyl groups is 2. The summed E-state index contributed by atoms with van der Waals surface area (Å²) in [5.41, 5.74) is 4.05. The lowest BCUT2D eigenvalue weighted by molar-refractivity contribution is -0.157. The molecule has 3 N–H and O–H groups in total. The molecule has 2 unspecified atom stereocenters. The van der Waals surface area contributed by atoms with Gasteiger partial charge in [0, 0.05) is 28.6 Å². The van der Waals surface area contributed by atoms with Crippen molar-refractivity contribution in [2.75, 3.05) is 0 Å². The Balaban J connectivity index is 1.88. The smallest absolute Gasteiger partial charge is 0.308 e. The molecule has 0 saturated heterocycles. The zero-order valence-electron chi connectivity index (χ0n) is 20.4. The molecule has 0 radical (unpaired) electrons.